The van der Waals surface area contributed by atoms with Crippen molar-refractivity contribution in [3.8, 4) is 0 Å². The van der Waals surface area contributed by atoms with Crippen LogP contribution in [0.3, 0.4) is 0 Å². The molecule has 0 radical (unpaired) electrons. The summed E-state index contributed by atoms with van der Waals surface area (Å²) in [6.45, 7) is 17.1. The van der Waals surface area contributed by atoms with Gasteiger partial charge < -0.3 is 24.1 Å². The fourth-order valence-corrected chi connectivity index (χ4v) is 3.21. The molecule has 166 valence electrons. The second kappa shape index (κ2) is 9.52. The van der Waals surface area contributed by atoms with Gasteiger partial charge in [-0.3, -0.25) is 0 Å². The summed E-state index contributed by atoms with van der Waals surface area (Å²) in [5.74, 6) is -0.515. The summed E-state index contributed by atoms with van der Waals surface area (Å²) in [6, 6.07) is 0. The Morgan fingerprint density at radius 1 is 1.10 bits per heavy atom. The molecule has 0 saturated carbocycles. The predicted molar refractivity (Wildman–Crippen MR) is 114 cm³/mol. The van der Waals surface area contributed by atoms with Gasteiger partial charge in [-0.25, -0.2) is 9.59 Å². The van der Waals surface area contributed by atoms with Gasteiger partial charge in [0.25, 0.3) is 0 Å². The lowest BCUT2D eigenvalue weighted by Gasteiger charge is -2.32. The first-order valence-electron chi connectivity index (χ1n) is 10.2. The second-order valence-corrected chi connectivity index (χ2v) is 9.63. The van der Waals surface area contributed by atoms with Crippen LogP contribution in [0.25, 0.3) is 0 Å². The highest BCUT2D eigenvalue weighted by molar-refractivity contribution is 6.45. The Labute approximate surface area is 176 Å². The van der Waals surface area contributed by atoms with E-state index >= 15 is 0 Å². The fraction of sp³-hybridized carbons (Fsp3) is 0.810. The lowest BCUT2D eigenvalue weighted by molar-refractivity contribution is -0.149. The van der Waals surface area contributed by atoms with Gasteiger partial charge >= 0.3 is 19.2 Å². The number of methoxy groups -OCH3 is 1. The van der Waals surface area contributed by atoms with Gasteiger partial charge in [0.1, 0.15) is 11.1 Å². The molecule has 0 aromatic heterocycles. The molecule has 1 heterocycles. The van der Waals surface area contributed by atoms with Crippen molar-refractivity contribution in [2.75, 3.05) is 7.11 Å². The molecule has 1 aliphatic rings. The summed E-state index contributed by atoms with van der Waals surface area (Å²) < 4.78 is 22.3. The van der Waals surface area contributed by atoms with Crippen molar-refractivity contribution in [1.29, 1.82) is 0 Å². The van der Waals surface area contributed by atoms with Crippen molar-refractivity contribution in [3.05, 3.63) is 12.7 Å². The number of nitrogens with one attached hydrogen (secondary N) is 1. The first-order valence-corrected chi connectivity index (χ1v) is 10.2. The first-order chi connectivity index (χ1) is 13.2. The average Bonchev–Trinajstić information content (AvgIpc) is 2.76. The van der Waals surface area contributed by atoms with Crippen LogP contribution in [0.5, 0.6) is 0 Å². The maximum Gasteiger partial charge on any atom is 0.457 e. The molecular formula is C21H38BNO6. The summed E-state index contributed by atoms with van der Waals surface area (Å²) in [5, 5.41) is 2.72. The van der Waals surface area contributed by atoms with E-state index in [-0.39, 0.29) is 24.7 Å². The van der Waals surface area contributed by atoms with Gasteiger partial charge in [0.2, 0.25) is 0 Å². The van der Waals surface area contributed by atoms with Crippen molar-refractivity contribution in [3.63, 3.8) is 0 Å². The van der Waals surface area contributed by atoms with Crippen LogP contribution in [0, 0.1) is 0 Å². The summed E-state index contributed by atoms with van der Waals surface area (Å²) in [5.41, 5.74) is -2.62. The predicted octanol–water partition coefficient (Wildman–Crippen LogP) is 4.26. The molecule has 1 fully saturated rings. The summed E-state index contributed by atoms with van der Waals surface area (Å²) in [4.78, 5) is 24.9. The topological polar surface area (TPSA) is 83.1 Å². The van der Waals surface area contributed by atoms with Gasteiger partial charge in [-0.2, -0.15) is 0 Å². The number of hydrogen-bond acceptors (Lipinski definition) is 6. The van der Waals surface area contributed by atoms with Gasteiger partial charge in [0.05, 0.1) is 18.3 Å². The Balaban J connectivity index is 2.74. The first kappa shape index (κ1) is 25.5. The van der Waals surface area contributed by atoms with Crippen molar-refractivity contribution < 1.29 is 28.4 Å². The van der Waals surface area contributed by atoms with E-state index in [4.69, 9.17) is 18.8 Å². The third kappa shape index (κ3) is 7.03. The van der Waals surface area contributed by atoms with Gasteiger partial charge in [-0.15, -0.1) is 6.58 Å². The van der Waals surface area contributed by atoms with Crippen molar-refractivity contribution in [2.45, 2.75) is 103 Å². The number of ether oxygens (including phenoxy) is 2. The molecule has 0 aliphatic carbocycles. The third-order valence-electron chi connectivity index (χ3n) is 5.40. The van der Waals surface area contributed by atoms with Crippen LogP contribution >= 0.6 is 0 Å². The molecule has 1 atom stereocenters. The zero-order chi connectivity index (χ0) is 22.5. The summed E-state index contributed by atoms with van der Waals surface area (Å²) >= 11 is 0. The number of esters is 1. The number of amides is 1. The van der Waals surface area contributed by atoms with Crippen molar-refractivity contribution >= 4 is 19.2 Å². The molecule has 8 heteroatoms. The molecule has 1 unspecified atom stereocenters. The maximum absolute atomic E-state index is 12.6. The standard InChI is InChI=1S/C21H38BNO6/c1-10-13-21(16(24)26-9,23-17(25)27-18(2,3)4)14-11-12-15-22-28-19(5,6)20(7,8)29-22/h10H,1,11-15H2,2-9H3,(H,23,25). The lowest BCUT2D eigenvalue weighted by Crippen LogP contribution is -2.55. The molecule has 29 heavy (non-hydrogen) atoms. The molecule has 0 bridgehead atoms. The van der Waals surface area contributed by atoms with E-state index in [0.29, 0.717) is 19.2 Å². The van der Waals surface area contributed by atoms with E-state index in [1.807, 2.05) is 27.7 Å². The second-order valence-electron chi connectivity index (χ2n) is 9.63. The highest BCUT2D eigenvalue weighted by Crippen LogP contribution is 2.38. The van der Waals surface area contributed by atoms with E-state index in [0.717, 1.165) is 6.42 Å². The Hall–Kier alpha value is -1.54. The summed E-state index contributed by atoms with van der Waals surface area (Å²) in [6.07, 6.45) is 3.72. The molecule has 1 rings (SSSR count). The molecule has 1 N–H and O–H groups in total. The SMILES string of the molecule is C=CCC(CCCCB1OC(C)(C)C(C)(C)O1)(NC(=O)OC(C)(C)C)C(=O)OC. The highest BCUT2D eigenvalue weighted by atomic mass is 16.7. The number of carbonyl (C=O) groups excluding carboxylic acids is 2. The minimum Gasteiger partial charge on any atom is -0.467 e. The van der Waals surface area contributed by atoms with Crippen LogP contribution in [0.1, 0.15) is 74.1 Å². The fourth-order valence-electron chi connectivity index (χ4n) is 3.21. The quantitative estimate of drug-likeness (QED) is 0.264. The van der Waals surface area contributed by atoms with E-state index in [9.17, 15) is 9.59 Å². The van der Waals surface area contributed by atoms with Crippen LogP contribution in [-0.4, -0.2) is 48.6 Å². The Kier molecular flexibility index (Phi) is 8.37. The highest BCUT2D eigenvalue weighted by Gasteiger charge is 2.50. The lowest BCUT2D eigenvalue weighted by atomic mass is 9.80. The Morgan fingerprint density at radius 3 is 2.10 bits per heavy atom. The van der Waals surface area contributed by atoms with Crippen LogP contribution in [0.4, 0.5) is 4.79 Å². The molecule has 0 spiro atoms. The number of rotatable bonds is 9. The van der Waals surface area contributed by atoms with E-state index in [1.54, 1.807) is 26.8 Å². The van der Waals surface area contributed by atoms with E-state index in [1.165, 1.54) is 7.11 Å². The normalized spacial score (nSPS) is 19.9. The van der Waals surface area contributed by atoms with Gasteiger partial charge in [0, 0.05) is 0 Å². The van der Waals surface area contributed by atoms with Crippen molar-refractivity contribution in [2.24, 2.45) is 0 Å². The van der Waals surface area contributed by atoms with Crippen LogP contribution in [0.2, 0.25) is 6.32 Å². The molecule has 1 amide bonds. The van der Waals surface area contributed by atoms with E-state index in [2.05, 4.69) is 11.9 Å². The molecule has 1 saturated heterocycles. The minimum absolute atomic E-state index is 0.245. The maximum atomic E-state index is 12.6. The van der Waals surface area contributed by atoms with E-state index < -0.39 is 23.2 Å². The molecule has 0 aromatic carbocycles. The van der Waals surface area contributed by atoms with Gasteiger partial charge in [-0.1, -0.05) is 18.9 Å². The zero-order valence-corrected chi connectivity index (χ0v) is 19.3. The molecule has 1 aliphatic heterocycles. The van der Waals surface area contributed by atoms with Crippen molar-refractivity contribution in [1.82, 2.24) is 5.32 Å². The monoisotopic (exact) mass is 411 g/mol. The van der Waals surface area contributed by atoms with Crippen LogP contribution in [0.15, 0.2) is 12.7 Å². The Bertz CT molecular complexity index is 582. The van der Waals surface area contributed by atoms with Crippen LogP contribution in [-0.2, 0) is 23.6 Å². The number of hydrogen-bond donors (Lipinski definition) is 1. The largest absolute Gasteiger partial charge is 0.467 e. The summed E-state index contributed by atoms with van der Waals surface area (Å²) in [7, 11) is 1.02. The molecule has 7 nitrogen and oxygen atoms in total. The minimum atomic E-state index is -1.21. The van der Waals surface area contributed by atoms with Gasteiger partial charge in [-0.05, 0) is 67.6 Å². The van der Waals surface area contributed by atoms with Crippen LogP contribution < -0.4 is 5.32 Å². The number of unbranched alkanes of at least 4 members (excludes halogenated alkanes) is 1. The third-order valence-corrected chi connectivity index (χ3v) is 5.40. The zero-order valence-electron chi connectivity index (χ0n) is 19.3. The molecule has 0 aromatic rings. The smallest absolute Gasteiger partial charge is 0.457 e. The number of carbonyl (C=O) groups is 2. The molecular weight excluding hydrogens is 373 g/mol. The Morgan fingerprint density at radius 2 is 1.66 bits per heavy atom. The van der Waals surface area contributed by atoms with Gasteiger partial charge in [0.15, 0.2) is 0 Å². The number of alkyl carbamates (subject to hydrolysis) is 1. The average molecular weight is 411 g/mol.